The first-order valence-corrected chi connectivity index (χ1v) is 15.4. The van der Waals surface area contributed by atoms with E-state index in [9.17, 15) is 9.59 Å². The Labute approximate surface area is 259 Å². The molecule has 0 aliphatic carbocycles. The van der Waals surface area contributed by atoms with Gasteiger partial charge in [-0.15, -0.1) is 0 Å². The number of nitrogens with zero attached hydrogens (tertiary/aromatic N) is 1. The highest BCUT2D eigenvalue weighted by Crippen LogP contribution is 2.10. The first-order chi connectivity index (χ1) is 20.9. The minimum absolute atomic E-state index is 0.0575. The lowest BCUT2D eigenvalue weighted by Crippen LogP contribution is -2.34. The summed E-state index contributed by atoms with van der Waals surface area (Å²) in [7, 11) is 0. The van der Waals surface area contributed by atoms with Crippen molar-refractivity contribution in [3.63, 3.8) is 0 Å². The normalized spacial score (nSPS) is 13.1. The lowest BCUT2D eigenvalue weighted by Gasteiger charge is -2.25. The number of piperidine rings is 1. The van der Waals surface area contributed by atoms with Gasteiger partial charge in [0.05, 0.1) is 0 Å². The molecule has 0 unspecified atom stereocenters. The molecule has 0 aromatic heterocycles. The zero-order valence-electron chi connectivity index (χ0n) is 26.2. The van der Waals surface area contributed by atoms with Crippen molar-refractivity contribution in [1.82, 2.24) is 15.5 Å². The summed E-state index contributed by atoms with van der Waals surface area (Å²) in [6, 6.07) is 29.5. The number of nitrogens with one attached hydrogen (secondary N) is 2. The Kier molecular flexibility index (Phi) is 17.5. The second-order valence-electron chi connectivity index (χ2n) is 10.6. The molecule has 3 aromatic rings. The van der Waals surface area contributed by atoms with Crippen molar-refractivity contribution in [1.29, 1.82) is 0 Å². The molecule has 0 bridgehead atoms. The highest BCUT2D eigenvalue weighted by Gasteiger charge is 2.14. The van der Waals surface area contributed by atoms with Crippen LogP contribution in [0.4, 0.5) is 0 Å². The largest absolute Gasteiger partial charge is 0.388 e. The van der Waals surface area contributed by atoms with Gasteiger partial charge in [-0.2, -0.15) is 0 Å². The summed E-state index contributed by atoms with van der Waals surface area (Å²) in [6.07, 6.45) is 9.18. The topological polar surface area (TPSA) is 87.5 Å². The Balaban J connectivity index is 0.000000243. The SMILES string of the molecule is C/C(=C/C(=O)N1CCCCC1)NCc1ccccc1.CCCCN/C(C)=C\C(=O)c1ccccc1.NCc1ccccc1. The van der Waals surface area contributed by atoms with Gasteiger partial charge < -0.3 is 21.3 Å². The molecule has 43 heavy (non-hydrogen) atoms. The number of hydrogen-bond donors (Lipinski definition) is 3. The molecule has 1 heterocycles. The Hall–Kier alpha value is -4.16. The third kappa shape index (κ3) is 15.6. The Morgan fingerprint density at radius 1 is 0.744 bits per heavy atom. The molecule has 1 aliphatic rings. The summed E-state index contributed by atoms with van der Waals surface area (Å²) in [6.45, 7) is 10.2. The van der Waals surface area contributed by atoms with Crippen molar-refractivity contribution in [3.05, 3.63) is 131 Å². The van der Waals surface area contributed by atoms with E-state index in [0.29, 0.717) is 6.54 Å². The fraction of sp³-hybridized carbons (Fsp3) is 0.351. The lowest BCUT2D eigenvalue weighted by atomic mass is 10.1. The van der Waals surface area contributed by atoms with Gasteiger partial charge in [0.15, 0.2) is 5.78 Å². The van der Waals surface area contributed by atoms with Gasteiger partial charge in [0.25, 0.3) is 0 Å². The summed E-state index contributed by atoms with van der Waals surface area (Å²) < 4.78 is 0. The number of carbonyl (C=O) groups excluding carboxylic acids is 2. The molecule has 6 nitrogen and oxygen atoms in total. The van der Waals surface area contributed by atoms with E-state index < -0.39 is 0 Å². The van der Waals surface area contributed by atoms with Crippen LogP contribution < -0.4 is 16.4 Å². The maximum atomic E-state index is 12.0. The summed E-state index contributed by atoms with van der Waals surface area (Å²) in [5, 5.41) is 6.51. The van der Waals surface area contributed by atoms with Crippen molar-refractivity contribution in [2.45, 2.75) is 66.0 Å². The van der Waals surface area contributed by atoms with Crippen molar-refractivity contribution in [2.75, 3.05) is 19.6 Å². The molecule has 230 valence electrons. The number of nitrogens with two attached hydrogens (primary N) is 1. The second kappa shape index (κ2) is 21.5. The van der Waals surface area contributed by atoms with Crippen LogP contribution in [-0.2, 0) is 17.9 Å². The second-order valence-corrected chi connectivity index (χ2v) is 10.6. The highest BCUT2D eigenvalue weighted by atomic mass is 16.2. The summed E-state index contributed by atoms with van der Waals surface area (Å²) in [5.41, 5.74) is 10.4. The summed E-state index contributed by atoms with van der Waals surface area (Å²) in [4.78, 5) is 25.7. The number of amides is 1. The maximum Gasteiger partial charge on any atom is 0.248 e. The molecule has 1 saturated heterocycles. The van der Waals surface area contributed by atoms with Crippen molar-refractivity contribution in [2.24, 2.45) is 5.73 Å². The zero-order valence-corrected chi connectivity index (χ0v) is 26.2. The van der Waals surface area contributed by atoms with Gasteiger partial charge in [-0.25, -0.2) is 0 Å². The molecule has 6 heteroatoms. The number of ketones is 1. The molecule has 0 saturated carbocycles. The van der Waals surface area contributed by atoms with Crippen LogP contribution in [0.5, 0.6) is 0 Å². The average Bonchev–Trinajstić information content (AvgIpc) is 3.06. The number of rotatable bonds is 11. The number of allylic oxidation sites excluding steroid dienone is 3. The van der Waals surface area contributed by atoms with E-state index in [0.717, 1.165) is 68.8 Å². The monoisotopic (exact) mass is 582 g/mol. The highest BCUT2D eigenvalue weighted by molar-refractivity contribution is 6.04. The molecular formula is C37H50N4O2. The van der Waals surface area contributed by atoms with E-state index in [-0.39, 0.29) is 11.7 Å². The molecule has 3 aromatic carbocycles. The van der Waals surface area contributed by atoms with E-state index in [2.05, 4.69) is 29.7 Å². The summed E-state index contributed by atoms with van der Waals surface area (Å²) >= 11 is 0. The number of hydrogen-bond acceptors (Lipinski definition) is 5. The van der Waals surface area contributed by atoms with E-state index in [1.165, 1.54) is 17.5 Å². The predicted molar refractivity (Wildman–Crippen MR) is 179 cm³/mol. The van der Waals surface area contributed by atoms with E-state index in [4.69, 9.17) is 5.73 Å². The third-order valence-electron chi connectivity index (χ3n) is 6.84. The van der Waals surface area contributed by atoms with Crippen molar-refractivity contribution < 1.29 is 9.59 Å². The molecule has 1 amide bonds. The average molecular weight is 583 g/mol. The fourth-order valence-corrected chi connectivity index (χ4v) is 4.29. The Morgan fingerprint density at radius 3 is 1.81 bits per heavy atom. The number of benzene rings is 3. The summed E-state index contributed by atoms with van der Waals surface area (Å²) in [5.74, 6) is 0.194. The molecular weight excluding hydrogens is 532 g/mol. The van der Waals surface area contributed by atoms with Crippen LogP contribution in [0.3, 0.4) is 0 Å². The van der Waals surface area contributed by atoms with Gasteiger partial charge in [-0.05, 0) is 50.7 Å². The van der Waals surface area contributed by atoms with Crippen LogP contribution in [0.25, 0.3) is 0 Å². The Morgan fingerprint density at radius 2 is 1.28 bits per heavy atom. The molecule has 0 atom stereocenters. The minimum Gasteiger partial charge on any atom is -0.388 e. The van der Waals surface area contributed by atoms with Crippen LogP contribution in [0.2, 0.25) is 0 Å². The minimum atomic E-state index is 0.0575. The van der Waals surface area contributed by atoms with E-state index >= 15 is 0 Å². The van der Waals surface area contributed by atoms with Crippen molar-refractivity contribution in [3.8, 4) is 0 Å². The van der Waals surface area contributed by atoms with Crippen LogP contribution >= 0.6 is 0 Å². The predicted octanol–water partition coefficient (Wildman–Crippen LogP) is 7.00. The van der Waals surface area contributed by atoms with Crippen LogP contribution in [-0.4, -0.2) is 36.2 Å². The number of unbranched alkanes of at least 4 members (excludes halogenated alkanes) is 1. The maximum absolute atomic E-state index is 12.0. The van der Waals surface area contributed by atoms with Crippen LogP contribution in [0, 0.1) is 0 Å². The van der Waals surface area contributed by atoms with Gasteiger partial charge in [-0.1, -0.05) is 104 Å². The van der Waals surface area contributed by atoms with E-state index in [1.807, 2.05) is 97.6 Å². The first-order valence-electron chi connectivity index (χ1n) is 15.4. The molecule has 1 aliphatic heterocycles. The van der Waals surface area contributed by atoms with Gasteiger partial charge in [0.2, 0.25) is 5.91 Å². The van der Waals surface area contributed by atoms with Crippen molar-refractivity contribution >= 4 is 11.7 Å². The molecule has 4 rings (SSSR count). The molecule has 0 spiro atoms. The van der Waals surface area contributed by atoms with Crippen LogP contribution in [0.1, 0.15) is 74.4 Å². The molecule has 1 fully saturated rings. The smallest absolute Gasteiger partial charge is 0.248 e. The number of carbonyl (C=O) groups is 2. The lowest BCUT2D eigenvalue weighted by molar-refractivity contribution is -0.126. The van der Waals surface area contributed by atoms with Gasteiger partial charge in [-0.3, -0.25) is 9.59 Å². The molecule has 4 N–H and O–H groups in total. The quantitative estimate of drug-likeness (QED) is 0.129. The van der Waals surface area contributed by atoms with Gasteiger partial charge in [0, 0.05) is 61.8 Å². The fourth-order valence-electron chi connectivity index (χ4n) is 4.29. The third-order valence-corrected chi connectivity index (χ3v) is 6.84. The van der Waals surface area contributed by atoms with Crippen LogP contribution in [0.15, 0.2) is 115 Å². The van der Waals surface area contributed by atoms with Gasteiger partial charge >= 0.3 is 0 Å². The Bertz CT molecular complexity index is 1240. The molecule has 0 radical (unpaired) electrons. The first kappa shape index (κ1) is 35.0. The zero-order chi connectivity index (χ0) is 31.1. The standard InChI is InChI=1S/C16H22N2O.C14H19NO.C7H9N/c1-14(17-13-15-8-4-2-5-9-15)12-16(19)18-10-6-3-7-11-18;1-3-4-10-15-12(2)11-14(16)13-8-6-5-7-9-13;8-6-7-4-2-1-3-5-7/h2,4-5,8-9,12,17H,3,6-7,10-11,13H2,1H3;5-9,11,15H,3-4,10H2,1-2H3;1-5H,6,8H2/b14-12-;12-11-;. The van der Waals surface area contributed by atoms with E-state index in [1.54, 1.807) is 12.2 Å². The van der Waals surface area contributed by atoms with Gasteiger partial charge in [0.1, 0.15) is 0 Å². The number of likely N-dealkylation sites (tertiary alicyclic amines) is 1.